The van der Waals surface area contributed by atoms with Crippen LogP contribution in [0.3, 0.4) is 0 Å². The van der Waals surface area contributed by atoms with Crippen LogP contribution in [-0.2, 0) is 6.61 Å². The van der Waals surface area contributed by atoms with Crippen molar-refractivity contribution < 1.29 is 14.1 Å². The van der Waals surface area contributed by atoms with E-state index in [0.717, 1.165) is 0 Å². The molecule has 0 aromatic heterocycles. The fourth-order valence-electron chi connectivity index (χ4n) is 1.78. The number of halogens is 2. The normalized spacial score (nSPS) is 10.3. The van der Waals surface area contributed by atoms with Gasteiger partial charge in [0.2, 0.25) is 0 Å². The van der Waals surface area contributed by atoms with Crippen molar-refractivity contribution >= 4 is 21.6 Å². The molecular weight excluding hydrogens is 329 g/mol. The maximum Gasteiger partial charge on any atom is 0.313 e. The zero-order valence-electron chi connectivity index (χ0n) is 10.6. The minimum absolute atomic E-state index is 0.0661. The van der Waals surface area contributed by atoms with Gasteiger partial charge in [0.05, 0.1) is 4.92 Å². The van der Waals surface area contributed by atoms with Crippen LogP contribution in [0.2, 0.25) is 0 Å². The lowest BCUT2D eigenvalue weighted by Gasteiger charge is -2.09. The second-order valence-corrected chi connectivity index (χ2v) is 5.12. The maximum atomic E-state index is 13.6. The van der Waals surface area contributed by atoms with E-state index in [-0.39, 0.29) is 18.0 Å². The molecule has 0 amide bonds. The Morgan fingerprint density at radius 2 is 2.10 bits per heavy atom. The van der Waals surface area contributed by atoms with Crippen molar-refractivity contribution in [2.24, 2.45) is 0 Å². The van der Waals surface area contributed by atoms with Gasteiger partial charge < -0.3 is 4.74 Å². The van der Waals surface area contributed by atoms with E-state index >= 15 is 0 Å². The number of benzene rings is 2. The molecule has 0 saturated heterocycles. The van der Waals surface area contributed by atoms with Crippen molar-refractivity contribution in [1.29, 1.82) is 0 Å². The summed E-state index contributed by atoms with van der Waals surface area (Å²) in [6.45, 7) is 1.56. The highest BCUT2D eigenvalue weighted by Crippen LogP contribution is 2.31. The number of rotatable bonds is 4. The van der Waals surface area contributed by atoms with Crippen LogP contribution in [0.1, 0.15) is 11.1 Å². The minimum Gasteiger partial charge on any atom is -0.482 e. The maximum absolute atomic E-state index is 13.6. The molecule has 0 aliphatic carbocycles. The number of aryl methyl sites for hydroxylation is 1. The van der Waals surface area contributed by atoms with E-state index in [2.05, 4.69) is 15.9 Å². The van der Waals surface area contributed by atoms with Gasteiger partial charge in [0.1, 0.15) is 12.4 Å². The van der Waals surface area contributed by atoms with Crippen LogP contribution in [-0.4, -0.2) is 4.92 Å². The fourth-order valence-corrected chi connectivity index (χ4v) is 2.11. The SMILES string of the molecule is Cc1cccc(OCc2ccc(Br)cc2F)c1[N+](=O)[O-]. The van der Waals surface area contributed by atoms with Gasteiger partial charge >= 0.3 is 5.69 Å². The monoisotopic (exact) mass is 339 g/mol. The van der Waals surface area contributed by atoms with Crippen LogP contribution < -0.4 is 4.74 Å². The Hall–Kier alpha value is -1.95. The second kappa shape index (κ2) is 6.00. The van der Waals surface area contributed by atoms with Gasteiger partial charge in [-0.05, 0) is 25.1 Å². The molecule has 4 nitrogen and oxygen atoms in total. The summed E-state index contributed by atoms with van der Waals surface area (Å²) in [5.41, 5.74) is 0.748. The van der Waals surface area contributed by atoms with Gasteiger partial charge in [0, 0.05) is 15.6 Å². The van der Waals surface area contributed by atoms with Gasteiger partial charge in [-0.1, -0.05) is 34.1 Å². The lowest BCUT2D eigenvalue weighted by Crippen LogP contribution is -2.02. The van der Waals surface area contributed by atoms with Gasteiger partial charge in [0.15, 0.2) is 5.75 Å². The Kier molecular flexibility index (Phi) is 4.34. The quantitative estimate of drug-likeness (QED) is 0.613. The Balaban J connectivity index is 2.23. The average molecular weight is 340 g/mol. The highest BCUT2D eigenvalue weighted by Gasteiger charge is 2.18. The van der Waals surface area contributed by atoms with Gasteiger partial charge in [0.25, 0.3) is 0 Å². The molecule has 104 valence electrons. The molecule has 0 heterocycles. The molecule has 0 fully saturated rings. The van der Waals surface area contributed by atoms with E-state index in [1.54, 1.807) is 31.2 Å². The molecule has 2 rings (SSSR count). The zero-order chi connectivity index (χ0) is 14.7. The van der Waals surface area contributed by atoms with Crippen molar-refractivity contribution in [1.82, 2.24) is 0 Å². The first-order valence-corrected chi connectivity index (χ1v) is 6.59. The van der Waals surface area contributed by atoms with Crippen LogP contribution in [0.25, 0.3) is 0 Å². The number of nitro benzene ring substituents is 1. The van der Waals surface area contributed by atoms with Crippen molar-refractivity contribution in [3.05, 3.63) is 67.9 Å². The molecule has 0 bridgehead atoms. The molecule has 0 aliphatic heterocycles. The summed E-state index contributed by atoms with van der Waals surface area (Å²) in [7, 11) is 0. The molecule has 6 heteroatoms. The number of nitrogens with zero attached hydrogens (tertiary/aromatic N) is 1. The highest BCUT2D eigenvalue weighted by atomic mass is 79.9. The van der Waals surface area contributed by atoms with Crippen molar-refractivity contribution in [2.45, 2.75) is 13.5 Å². The third-order valence-electron chi connectivity index (χ3n) is 2.78. The lowest BCUT2D eigenvalue weighted by molar-refractivity contribution is -0.386. The number of hydrogen-bond acceptors (Lipinski definition) is 3. The van der Waals surface area contributed by atoms with E-state index in [0.29, 0.717) is 15.6 Å². The first kappa shape index (κ1) is 14.5. The summed E-state index contributed by atoms with van der Waals surface area (Å²) in [4.78, 5) is 10.5. The zero-order valence-corrected chi connectivity index (χ0v) is 12.2. The Bertz CT molecular complexity index is 661. The van der Waals surface area contributed by atoms with Gasteiger partial charge in [-0.15, -0.1) is 0 Å². The summed E-state index contributed by atoms with van der Waals surface area (Å²) in [5, 5.41) is 11.0. The molecule has 2 aromatic carbocycles. The minimum atomic E-state index is -0.497. The van der Waals surface area contributed by atoms with Crippen molar-refractivity contribution in [2.75, 3.05) is 0 Å². The number of hydrogen-bond donors (Lipinski definition) is 0. The summed E-state index contributed by atoms with van der Waals surface area (Å²) < 4.78 is 19.7. The number of para-hydroxylation sites is 1. The standard InChI is InChI=1S/C14H11BrFNO3/c1-9-3-2-4-13(14(9)17(18)19)20-8-10-5-6-11(15)7-12(10)16/h2-7H,8H2,1H3. The summed E-state index contributed by atoms with van der Waals surface area (Å²) in [6, 6.07) is 9.37. The molecule has 0 aliphatic rings. The van der Waals surface area contributed by atoms with E-state index in [1.165, 1.54) is 12.1 Å². The molecule has 20 heavy (non-hydrogen) atoms. The van der Waals surface area contributed by atoms with Crippen LogP contribution in [0.5, 0.6) is 5.75 Å². The van der Waals surface area contributed by atoms with Crippen molar-refractivity contribution in [3.8, 4) is 5.75 Å². The Morgan fingerprint density at radius 1 is 1.35 bits per heavy atom. The molecule has 0 spiro atoms. The predicted octanol–water partition coefficient (Wildman–Crippen LogP) is 4.38. The van der Waals surface area contributed by atoms with Gasteiger partial charge in [-0.3, -0.25) is 10.1 Å². The molecule has 2 aromatic rings. The highest BCUT2D eigenvalue weighted by molar-refractivity contribution is 9.10. The summed E-state index contributed by atoms with van der Waals surface area (Å²) in [5.74, 6) is -0.285. The van der Waals surface area contributed by atoms with Crippen LogP contribution in [0.15, 0.2) is 40.9 Å². The van der Waals surface area contributed by atoms with E-state index in [1.807, 2.05) is 0 Å². The topological polar surface area (TPSA) is 52.4 Å². The third-order valence-corrected chi connectivity index (χ3v) is 3.27. The lowest BCUT2D eigenvalue weighted by atomic mass is 10.2. The van der Waals surface area contributed by atoms with Crippen LogP contribution in [0, 0.1) is 22.9 Å². The smallest absolute Gasteiger partial charge is 0.313 e. The molecule has 0 unspecified atom stereocenters. The molecule has 0 radical (unpaired) electrons. The van der Waals surface area contributed by atoms with E-state index in [9.17, 15) is 14.5 Å². The largest absolute Gasteiger partial charge is 0.482 e. The van der Waals surface area contributed by atoms with Gasteiger partial charge in [-0.2, -0.15) is 0 Å². The van der Waals surface area contributed by atoms with Crippen molar-refractivity contribution in [3.63, 3.8) is 0 Å². The number of ether oxygens (including phenoxy) is 1. The van der Waals surface area contributed by atoms with Crippen LogP contribution >= 0.6 is 15.9 Å². The summed E-state index contributed by atoms with van der Waals surface area (Å²) in [6.07, 6.45) is 0. The molecule has 0 atom stereocenters. The molecule has 0 saturated carbocycles. The average Bonchev–Trinajstić information content (AvgIpc) is 2.37. The second-order valence-electron chi connectivity index (χ2n) is 4.20. The number of nitro groups is 1. The first-order valence-electron chi connectivity index (χ1n) is 5.80. The van der Waals surface area contributed by atoms with Gasteiger partial charge in [-0.25, -0.2) is 4.39 Å². The predicted molar refractivity (Wildman–Crippen MR) is 76.3 cm³/mol. The Morgan fingerprint density at radius 3 is 2.75 bits per heavy atom. The third kappa shape index (κ3) is 3.14. The van der Waals surface area contributed by atoms with E-state index < -0.39 is 10.7 Å². The first-order chi connectivity index (χ1) is 9.49. The Labute approximate surface area is 123 Å². The van der Waals surface area contributed by atoms with Crippen LogP contribution in [0.4, 0.5) is 10.1 Å². The van der Waals surface area contributed by atoms with E-state index in [4.69, 9.17) is 4.74 Å². The molecule has 0 N–H and O–H groups in total. The fraction of sp³-hybridized carbons (Fsp3) is 0.143. The summed E-state index contributed by atoms with van der Waals surface area (Å²) >= 11 is 3.16. The molecular formula is C14H11BrFNO3.